The van der Waals surface area contributed by atoms with Crippen molar-refractivity contribution in [1.82, 2.24) is 19.5 Å². The Labute approximate surface area is 108 Å². The van der Waals surface area contributed by atoms with E-state index in [1.807, 2.05) is 0 Å². The fourth-order valence-electron chi connectivity index (χ4n) is 1.98. The number of H-pyrrole nitrogens is 2. The van der Waals surface area contributed by atoms with Crippen LogP contribution >= 0.6 is 0 Å². The lowest BCUT2D eigenvalue weighted by Gasteiger charge is -2.03. The van der Waals surface area contributed by atoms with Gasteiger partial charge < -0.3 is 9.78 Å². The first-order valence-electron chi connectivity index (χ1n) is 6.18. The van der Waals surface area contributed by atoms with Crippen LogP contribution in [0.3, 0.4) is 0 Å². The summed E-state index contributed by atoms with van der Waals surface area (Å²) in [6.45, 7) is 3.54. The Balaban J connectivity index is 2.25. The monoisotopic (exact) mass is 264 g/mol. The number of carbonyl (C=O) groups is 1. The average molecular weight is 264 g/mol. The van der Waals surface area contributed by atoms with Gasteiger partial charge in [0.2, 0.25) is 0 Å². The van der Waals surface area contributed by atoms with Gasteiger partial charge in [0.05, 0.1) is 0 Å². The molecule has 102 valence electrons. The molecule has 7 nitrogen and oxygen atoms in total. The van der Waals surface area contributed by atoms with E-state index in [0.29, 0.717) is 37.1 Å². The van der Waals surface area contributed by atoms with Crippen LogP contribution in [0.25, 0.3) is 11.2 Å². The number of imidazole rings is 1. The van der Waals surface area contributed by atoms with Gasteiger partial charge in [-0.1, -0.05) is 0 Å². The molecular formula is C12H16N4O3. The molecule has 2 heterocycles. The second-order valence-corrected chi connectivity index (χ2v) is 4.59. The maximum Gasteiger partial charge on any atom is 0.330 e. The van der Waals surface area contributed by atoms with E-state index >= 15 is 0 Å². The zero-order valence-electron chi connectivity index (χ0n) is 10.9. The summed E-state index contributed by atoms with van der Waals surface area (Å²) < 4.78 is 1.14. The Bertz CT molecular complexity index is 723. The van der Waals surface area contributed by atoms with Crippen molar-refractivity contribution in [3.05, 3.63) is 26.7 Å². The summed E-state index contributed by atoms with van der Waals surface area (Å²) >= 11 is 0. The van der Waals surface area contributed by atoms with Crippen LogP contribution in [0.15, 0.2) is 9.59 Å². The number of hydrogen-bond acceptors (Lipinski definition) is 4. The molecule has 0 fully saturated rings. The quantitative estimate of drug-likeness (QED) is 0.767. The lowest BCUT2D eigenvalue weighted by Crippen LogP contribution is -2.35. The highest BCUT2D eigenvalue weighted by atomic mass is 16.2. The first-order chi connectivity index (χ1) is 8.99. The topological polar surface area (TPSA) is 101 Å². The molecule has 0 saturated heterocycles. The maximum absolute atomic E-state index is 12.1. The smallest absolute Gasteiger partial charge is 0.330 e. The van der Waals surface area contributed by atoms with Crippen molar-refractivity contribution in [2.24, 2.45) is 0 Å². The van der Waals surface area contributed by atoms with Crippen molar-refractivity contribution >= 4 is 16.9 Å². The molecule has 0 bridgehead atoms. The predicted octanol–water partition coefficient (Wildman–Crippen LogP) is 0.481. The van der Waals surface area contributed by atoms with Crippen LogP contribution in [-0.2, 0) is 11.3 Å². The molecule has 0 aliphatic carbocycles. The molecule has 2 aromatic rings. The number of Topliss-reactive ketones (excluding diaryl/α,β-unsaturated/α-hetero) is 1. The van der Waals surface area contributed by atoms with Gasteiger partial charge in [-0.25, -0.2) is 9.78 Å². The second-order valence-electron chi connectivity index (χ2n) is 4.59. The van der Waals surface area contributed by atoms with Gasteiger partial charge in [0, 0.05) is 13.0 Å². The fourth-order valence-corrected chi connectivity index (χ4v) is 1.98. The summed E-state index contributed by atoms with van der Waals surface area (Å²) in [7, 11) is 0. The molecule has 2 aromatic heterocycles. The summed E-state index contributed by atoms with van der Waals surface area (Å²) in [5.41, 5.74) is -0.245. The SMILES string of the molecule is CC(=O)CCCCn1c(=O)[nH]c2nc(C)[nH]c2c1=O. The van der Waals surface area contributed by atoms with Crippen molar-refractivity contribution in [3.63, 3.8) is 0 Å². The van der Waals surface area contributed by atoms with E-state index in [9.17, 15) is 14.4 Å². The Morgan fingerprint density at radius 1 is 1.26 bits per heavy atom. The Kier molecular flexibility index (Phi) is 3.64. The van der Waals surface area contributed by atoms with Crippen LogP contribution in [0.4, 0.5) is 0 Å². The number of carbonyl (C=O) groups excluding carboxylic acids is 1. The minimum atomic E-state index is -0.466. The van der Waals surface area contributed by atoms with Crippen LogP contribution in [0.5, 0.6) is 0 Å². The van der Waals surface area contributed by atoms with E-state index in [0.717, 1.165) is 4.57 Å². The fraction of sp³-hybridized carbons (Fsp3) is 0.500. The van der Waals surface area contributed by atoms with Gasteiger partial charge in [0.25, 0.3) is 5.56 Å². The van der Waals surface area contributed by atoms with E-state index in [2.05, 4.69) is 15.0 Å². The number of hydrogen-bond donors (Lipinski definition) is 2. The minimum absolute atomic E-state index is 0.112. The number of fused-ring (bicyclic) bond motifs is 1. The Hall–Kier alpha value is -2.18. The molecule has 19 heavy (non-hydrogen) atoms. The molecule has 0 radical (unpaired) electrons. The van der Waals surface area contributed by atoms with Crippen LogP contribution in [0, 0.1) is 6.92 Å². The molecule has 7 heteroatoms. The van der Waals surface area contributed by atoms with Crippen LogP contribution < -0.4 is 11.2 Å². The van der Waals surface area contributed by atoms with E-state index in [1.54, 1.807) is 6.92 Å². The van der Waals surface area contributed by atoms with Gasteiger partial charge >= 0.3 is 5.69 Å². The molecule has 0 saturated carbocycles. The lowest BCUT2D eigenvalue weighted by molar-refractivity contribution is -0.117. The third kappa shape index (κ3) is 2.81. The van der Waals surface area contributed by atoms with Gasteiger partial charge in [-0.3, -0.25) is 14.3 Å². The minimum Gasteiger partial charge on any atom is -0.336 e. The van der Waals surface area contributed by atoms with E-state index in [1.165, 1.54) is 6.92 Å². The van der Waals surface area contributed by atoms with E-state index < -0.39 is 5.69 Å². The third-order valence-electron chi connectivity index (χ3n) is 2.91. The van der Waals surface area contributed by atoms with Gasteiger partial charge in [-0.2, -0.15) is 0 Å². The van der Waals surface area contributed by atoms with Crippen LogP contribution in [-0.4, -0.2) is 25.3 Å². The average Bonchev–Trinajstić information content (AvgIpc) is 2.68. The van der Waals surface area contributed by atoms with Gasteiger partial charge in [0.15, 0.2) is 5.65 Å². The molecule has 0 unspecified atom stereocenters. The number of ketones is 1. The van der Waals surface area contributed by atoms with E-state index in [-0.39, 0.29) is 17.0 Å². The zero-order valence-corrected chi connectivity index (χ0v) is 10.9. The molecule has 0 amide bonds. The molecule has 0 atom stereocenters. The standard InChI is InChI=1S/C12H16N4O3/c1-7(17)5-3-4-6-16-11(18)9-10(15-12(16)19)14-8(2)13-9/h3-6H2,1-2H3,(H,13,14)(H,15,19). The normalized spacial score (nSPS) is 11.1. The largest absolute Gasteiger partial charge is 0.336 e. The summed E-state index contributed by atoms with van der Waals surface area (Å²) in [5.74, 6) is 0.693. The Morgan fingerprint density at radius 2 is 2.00 bits per heavy atom. The number of nitrogens with zero attached hydrogens (tertiary/aromatic N) is 2. The maximum atomic E-state index is 12.1. The number of aromatic nitrogens is 4. The molecule has 0 aliphatic heterocycles. The van der Waals surface area contributed by atoms with Crippen LogP contribution in [0.1, 0.15) is 32.0 Å². The van der Waals surface area contributed by atoms with Gasteiger partial charge in [-0.15, -0.1) is 0 Å². The summed E-state index contributed by atoms with van der Waals surface area (Å²) in [5, 5.41) is 0. The molecule has 2 rings (SSSR count). The van der Waals surface area contributed by atoms with Crippen molar-refractivity contribution in [2.45, 2.75) is 39.7 Å². The number of unbranched alkanes of at least 4 members (excludes halogenated alkanes) is 1. The summed E-state index contributed by atoms with van der Waals surface area (Å²) in [6, 6.07) is 0. The molecule has 0 spiro atoms. The van der Waals surface area contributed by atoms with Crippen molar-refractivity contribution in [2.75, 3.05) is 0 Å². The number of aryl methyl sites for hydroxylation is 1. The highest BCUT2D eigenvalue weighted by Gasteiger charge is 2.10. The van der Waals surface area contributed by atoms with Crippen molar-refractivity contribution in [1.29, 1.82) is 0 Å². The molecular weight excluding hydrogens is 248 g/mol. The highest BCUT2D eigenvalue weighted by Crippen LogP contribution is 2.01. The van der Waals surface area contributed by atoms with Gasteiger partial charge in [-0.05, 0) is 26.7 Å². The van der Waals surface area contributed by atoms with Gasteiger partial charge in [0.1, 0.15) is 17.1 Å². The Morgan fingerprint density at radius 3 is 2.68 bits per heavy atom. The van der Waals surface area contributed by atoms with E-state index in [4.69, 9.17) is 0 Å². The second kappa shape index (κ2) is 5.21. The highest BCUT2D eigenvalue weighted by molar-refractivity contribution is 5.75. The molecule has 0 aliphatic rings. The predicted molar refractivity (Wildman–Crippen MR) is 70.2 cm³/mol. The first kappa shape index (κ1) is 13.3. The zero-order chi connectivity index (χ0) is 14.0. The molecule has 0 aromatic carbocycles. The summed E-state index contributed by atoms with van der Waals surface area (Å²) in [4.78, 5) is 44.1. The van der Waals surface area contributed by atoms with Crippen molar-refractivity contribution < 1.29 is 4.79 Å². The summed E-state index contributed by atoms with van der Waals surface area (Å²) in [6.07, 6.45) is 1.75. The van der Waals surface area contributed by atoms with Crippen LogP contribution in [0.2, 0.25) is 0 Å². The number of aromatic amines is 2. The number of nitrogens with one attached hydrogen (secondary N) is 2. The third-order valence-corrected chi connectivity index (χ3v) is 2.91. The first-order valence-corrected chi connectivity index (χ1v) is 6.18. The lowest BCUT2D eigenvalue weighted by atomic mass is 10.2. The number of rotatable bonds is 5. The van der Waals surface area contributed by atoms with Crippen molar-refractivity contribution in [3.8, 4) is 0 Å². The molecule has 2 N–H and O–H groups in total.